The van der Waals surface area contributed by atoms with Gasteiger partial charge in [0.2, 0.25) is 0 Å². The van der Waals surface area contributed by atoms with E-state index in [1.54, 1.807) is 29.0 Å². The van der Waals surface area contributed by atoms with Crippen LogP contribution in [0.15, 0.2) is 30.5 Å². The van der Waals surface area contributed by atoms with Gasteiger partial charge in [0.15, 0.2) is 0 Å². The summed E-state index contributed by atoms with van der Waals surface area (Å²) in [5.74, 6) is -0.916. The van der Waals surface area contributed by atoms with Gasteiger partial charge in [-0.05, 0) is 12.1 Å². The molecule has 0 spiro atoms. The Kier molecular flexibility index (Phi) is 4.29. The Balaban J connectivity index is 0.000000686. The molecule has 0 atom stereocenters. The predicted octanol–water partition coefficient (Wildman–Crippen LogP) is 2.62. The minimum atomic E-state index is -0.916. The van der Waals surface area contributed by atoms with Crippen molar-refractivity contribution in [1.29, 1.82) is 5.26 Å². The van der Waals surface area contributed by atoms with Crippen LogP contribution in [0.5, 0.6) is 0 Å². The highest BCUT2D eigenvalue weighted by molar-refractivity contribution is 5.86. The first-order valence-electron chi connectivity index (χ1n) is 5.42. The van der Waals surface area contributed by atoms with E-state index in [0.29, 0.717) is 11.1 Å². The summed E-state index contributed by atoms with van der Waals surface area (Å²) in [6.45, 7) is 3.88. The Hall–Kier alpha value is -2.28. The van der Waals surface area contributed by atoms with E-state index in [4.69, 9.17) is 10.4 Å². The molecule has 2 aromatic rings. The second-order valence-corrected chi connectivity index (χ2v) is 3.19. The molecule has 0 aliphatic heterocycles. The lowest BCUT2D eigenvalue weighted by molar-refractivity contribution is -0.137. The molecule has 0 saturated heterocycles. The van der Waals surface area contributed by atoms with Crippen LogP contribution in [0, 0.1) is 11.3 Å². The molecule has 0 radical (unpaired) electrons. The van der Waals surface area contributed by atoms with Crippen LogP contribution >= 0.6 is 0 Å². The molecule has 0 fully saturated rings. The van der Waals surface area contributed by atoms with Crippen LogP contribution in [0.3, 0.4) is 0 Å². The lowest BCUT2D eigenvalue weighted by atomic mass is 10.1. The van der Waals surface area contributed by atoms with Crippen molar-refractivity contribution in [2.75, 3.05) is 0 Å². The van der Waals surface area contributed by atoms with Crippen LogP contribution < -0.4 is 0 Å². The van der Waals surface area contributed by atoms with E-state index in [0.717, 1.165) is 5.39 Å². The highest BCUT2D eigenvalue weighted by atomic mass is 16.4. The molecule has 0 aliphatic rings. The first kappa shape index (κ1) is 12.8. The number of hydrogen-bond acceptors (Lipinski definition) is 2. The molecular weight excluding hydrogens is 216 g/mol. The van der Waals surface area contributed by atoms with Crippen molar-refractivity contribution in [2.45, 2.75) is 20.4 Å². The topological polar surface area (TPSA) is 66.0 Å². The summed E-state index contributed by atoms with van der Waals surface area (Å²) in [5, 5.41) is 18.5. The summed E-state index contributed by atoms with van der Waals surface area (Å²) in [5.41, 5.74) is 1.18. The maximum Gasteiger partial charge on any atom is 0.323 e. The Morgan fingerprint density at radius 3 is 2.71 bits per heavy atom. The van der Waals surface area contributed by atoms with Gasteiger partial charge in [0.05, 0.1) is 11.1 Å². The number of nitrogens with zero attached hydrogens (tertiary/aromatic N) is 2. The maximum absolute atomic E-state index is 10.6. The first-order chi connectivity index (χ1) is 8.22. The molecule has 0 amide bonds. The molecule has 4 heteroatoms. The number of carboxylic acids is 1. The molecule has 0 saturated carbocycles. The van der Waals surface area contributed by atoms with Gasteiger partial charge in [-0.2, -0.15) is 5.26 Å². The zero-order chi connectivity index (χ0) is 12.8. The lowest BCUT2D eigenvalue weighted by Crippen LogP contribution is -2.07. The number of nitriles is 1. The lowest BCUT2D eigenvalue weighted by Gasteiger charge is -2.02. The summed E-state index contributed by atoms with van der Waals surface area (Å²) in [6.07, 6.45) is 1.68. The predicted molar refractivity (Wildman–Crippen MR) is 65.6 cm³/mol. The van der Waals surface area contributed by atoms with Crippen LogP contribution in [-0.2, 0) is 11.3 Å². The number of hydrogen-bond donors (Lipinski definition) is 1. The van der Waals surface area contributed by atoms with Crippen LogP contribution in [0.4, 0.5) is 0 Å². The quantitative estimate of drug-likeness (QED) is 0.862. The molecule has 1 aromatic carbocycles. The molecule has 1 aromatic heterocycles. The highest BCUT2D eigenvalue weighted by Crippen LogP contribution is 2.19. The summed E-state index contributed by atoms with van der Waals surface area (Å²) >= 11 is 0. The normalized spacial score (nSPS) is 9.24. The maximum atomic E-state index is 10.6. The third-order valence-corrected chi connectivity index (χ3v) is 2.21. The molecule has 0 unspecified atom stereocenters. The number of para-hydroxylation sites is 1. The molecule has 17 heavy (non-hydrogen) atoms. The summed E-state index contributed by atoms with van der Waals surface area (Å²) in [7, 11) is 0. The van der Waals surface area contributed by atoms with Gasteiger partial charge in [-0.15, -0.1) is 0 Å². The fourth-order valence-corrected chi connectivity index (χ4v) is 1.63. The summed E-state index contributed by atoms with van der Waals surface area (Å²) < 4.78 is 1.57. The smallest absolute Gasteiger partial charge is 0.323 e. The van der Waals surface area contributed by atoms with E-state index in [2.05, 4.69) is 6.07 Å². The van der Waals surface area contributed by atoms with Crippen molar-refractivity contribution in [3.63, 3.8) is 0 Å². The zero-order valence-electron chi connectivity index (χ0n) is 9.84. The van der Waals surface area contributed by atoms with Crippen molar-refractivity contribution >= 4 is 16.9 Å². The largest absolute Gasteiger partial charge is 0.480 e. The van der Waals surface area contributed by atoms with E-state index >= 15 is 0 Å². The Labute approximate surface area is 99.7 Å². The van der Waals surface area contributed by atoms with Crippen LogP contribution in [0.2, 0.25) is 0 Å². The van der Waals surface area contributed by atoms with Gasteiger partial charge in [-0.1, -0.05) is 26.0 Å². The number of carboxylic acid groups (broad SMARTS) is 1. The Morgan fingerprint density at radius 2 is 2.12 bits per heavy atom. The van der Waals surface area contributed by atoms with Crippen molar-refractivity contribution in [3.05, 3.63) is 36.0 Å². The molecule has 1 heterocycles. The molecular formula is C13H14N2O2. The van der Waals surface area contributed by atoms with Crippen molar-refractivity contribution < 1.29 is 9.90 Å². The van der Waals surface area contributed by atoms with Gasteiger partial charge in [0.1, 0.15) is 12.6 Å². The Bertz CT molecular complexity index is 564. The number of carbonyl (C=O) groups is 1. The highest BCUT2D eigenvalue weighted by Gasteiger charge is 2.07. The van der Waals surface area contributed by atoms with Gasteiger partial charge in [-0.25, -0.2) is 0 Å². The fourth-order valence-electron chi connectivity index (χ4n) is 1.63. The van der Waals surface area contributed by atoms with Crippen molar-refractivity contribution in [2.24, 2.45) is 0 Å². The molecule has 0 aliphatic carbocycles. The van der Waals surface area contributed by atoms with Crippen LogP contribution in [0.25, 0.3) is 10.9 Å². The van der Waals surface area contributed by atoms with Gasteiger partial charge >= 0.3 is 5.97 Å². The molecule has 4 nitrogen and oxygen atoms in total. The standard InChI is InChI=1S/C11H8N2O2.C2H6/c12-6-9-3-1-2-8-4-5-13(11(8)9)7-10(14)15;1-2/h1-5H,7H2,(H,14,15);1-2H3. The summed E-state index contributed by atoms with van der Waals surface area (Å²) in [4.78, 5) is 10.6. The van der Waals surface area contributed by atoms with Gasteiger partial charge < -0.3 is 9.67 Å². The first-order valence-corrected chi connectivity index (χ1v) is 5.42. The minimum Gasteiger partial charge on any atom is -0.480 e. The number of aliphatic carboxylic acids is 1. The fraction of sp³-hybridized carbons (Fsp3) is 0.231. The number of fused-ring (bicyclic) bond motifs is 1. The van der Waals surface area contributed by atoms with Gasteiger partial charge in [0, 0.05) is 11.6 Å². The third kappa shape index (κ3) is 2.64. The minimum absolute atomic E-state index is 0.123. The monoisotopic (exact) mass is 230 g/mol. The zero-order valence-corrected chi connectivity index (χ0v) is 9.84. The molecule has 2 rings (SSSR count). The summed E-state index contributed by atoms with van der Waals surface area (Å²) in [6, 6.07) is 9.18. The second-order valence-electron chi connectivity index (χ2n) is 3.19. The second kappa shape index (κ2) is 5.71. The van der Waals surface area contributed by atoms with E-state index < -0.39 is 5.97 Å². The average Bonchev–Trinajstić information content (AvgIpc) is 2.74. The van der Waals surface area contributed by atoms with Crippen LogP contribution in [-0.4, -0.2) is 15.6 Å². The van der Waals surface area contributed by atoms with Crippen molar-refractivity contribution in [3.8, 4) is 6.07 Å². The van der Waals surface area contributed by atoms with Crippen molar-refractivity contribution in [1.82, 2.24) is 4.57 Å². The van der Waals surface area contributed by atoms with E-state index in [-0.39, 0.29) is 6.54 Å². The van der Waals surface area contributed by atoms with E-state index in [1.807, 2.05) is 19.9 Å². The average molecular weight is 230 g/mol. The number of aromatic nitrogens is 1. The SMILES string of the molecule is CC.N#Cc1cccc2ccn(CC(=O)O)c12. The van der Waals surface area contributed by atoms with Crippen LogP contribution in [0.1, 0.15) is 19.4 Å². The van der Waals surface area contributed by atoms with E-state index in [9.17, 15) is 4.79 Å². The molecule has 0 bridgehead atoms. The van der Waals surface area contributed by atoms with E-state index in [1.165, 1.54) is 0 Å². The van der Waals surface area contributed by atoms with Gasteiger partial charge in [0.25, 0.3) is 0 Å². The molecule has 88 valence electrons. The third-order valence-electron chi connectivity index (χ3n) is 2.21. The molecule has 1 N–H and O–H groups in total. The Morgan fingerprint density at radius 1 is 1.41 bits per heavy atom. The number of rotatable bonds is 2. The number of benzene rings is 1. The van der Waals surface area contributed by atoms with Gasteiger partial charge in [-0.3, -0.25) is 4.79 Å².